The van der Waals surface area contributed by atoms with Crippen LogP contribution in [0.2, 0.25) is 0 Å². The Balaban J connectivity index is 2.02. The van der Waals surface area contributed by atoms with E-state index >= 15 is 0 Å². The minimum atomic E-state index is -0.759. The first-order chi connectivity index (χ1) is 12.0. The van der Waals surface area contributed by atoms with Crippen LogP contribution < -0.4 is 15.0 Å². The summed E-state index contributed by atoms with van der Waals surface area (Å²) < 4.78 is 5.15. The SMILES string of the molecule is COc1ccc(/C=C2\C(=O)NC(=O)N(c3ccccc3)C2=O)c(C)c1. The molecule has 1 N–H and O–H groups in total. The number of imide groups is 2. The van der Waals surface area contributed by atoms with Crippen molar-refractivity contribution in [1.82, 2.24) is 5.32 Å². The fraction of sp³-hybridized carbons (Fsp3) is 0.105. The summed E-state index contributed by atoms with van der Waals surface area (Å²) in [6, 6.07) is 13.0. The highest BCUT2D eigenvalue weighted by Gasteiger charge is 2.36. The highest BCUT2D eigenvalue weighted by Crippen LogP contribution is 2.24. The number of hydrogen-bond donors (Lipinski definition) is 1. The number of carbonyl (C=O) groups is 3. The van der Waals surface area contributed by atoms with E-state index in [0.717, 1.165) is 10.5 Å². The molecule has 2 aromatic carbocycles. The lowest BCUT2D eigenvalue weighted by Crippen LogP contribution is -2.54. The first-order valence-corrected chi connectivity index (χ1v) is 7.62. The van der Waals surface area contributed by atoms with Crippen molar-refractivity contribution in [1.29, 1.82) is 0 Å². The molecule has 126 valence electrons. The maximum Gasteiger partial charge on any atom is 0.335 e. The molecule has 3 rings (SSSR count). The number of urea groups is 1. The van der Waals surface area contributed by atoms with E-state index in [1.807, 2.05) is 6.92 Å². The predicted octanol–water partition coefficient (Wildman–Crippen LogP) is 2.67. The summed E-state index contributed by atoms with van der Waals surface area (Å²) in [6.07, 6.45) is 1.48. The fourth-order valence-corrected chi connectivity index (χ4v) is 2.56. The topological polar surface area (TPSA) is 75.7 Å². The van der Waals surface area contributed by atoms with Crippen molar-refractivity contribution >= 4 is 29.6 Å². The normalized spacial score (nSPS) is 16.2. The van der Waals surface area contributed by atoms with Gasteiger partial charge in [-0.25, -0.2) is 9.69 Å². The predicted molar refractivity (Wildman–Crippen MR) is 93.2 cm³/mol. The van der Waals surface area contributed by atoms with Crippen LogP contribution in [0.5, 0.6) is 5.75 Å². The van der Waals surface area contributed by atoms with Crippen molar-refractivity contribution < 1.29 is 19.1 Å². The van der Waals surface area contributed by atoms with Gasteiger partial charge < -0.3 is 4.74 Å². The van der Waals surface area contributed by atoms with Crippen molar-refractivity contribution in [2.24, 2.45) is 0 Å². The zero-order valence-electron chi connectivity index (χ0n) is 13.8. The number of barbiturate groups is 1. The molecular formula is C19H16N2O4. The smallest absolute Gasteiger partial charge is 0.335 e. The number of rotatable bonds is 3. The number of aryl methyl sites for hydroxylation is 1. The van der Waals surface area contributed by atoms with Gasteiger partial charge in [0.25, 0.3) is 11.8 Å². The largest absolute Gasteiger partial charge is 0.497 e. The molecule has 0 bridgehead atoms. The molecule has 1 saturated heterocycles. The summed E-state index contributed by atoms with van der Waals surface area (Å²) in [5.41, 5.74) is 1.84. The third kappa shape index (κ3) is 3.14. The maximum atomic E-state index is 12.7. The molecule has 1 aliphatic heterocycles. The summed E-state index contributed by atoms with van der Waals surface area (Å²) in [4.78, 5) is 37.9. The van der Waals surface area contributed by atoms with Crippen LogP contribution in [-0.4, -0.2) is 25.0 Å². The van der Waals surface area contributed by atoms with Gasteiger partial charge in [0, 0.05) is 0 Å². The van der Waals surface area contributed by atoms with Gasteiger partial charge >= 0.3 is 6.03 Å². The number of methoxy groups -OCH3 is 1. The van der Waals surface area contributed by atoms with Crippen molar-refractivity contribution in [2.75, 3.05) is 12.0 Å². The zero-order chi connectivity index (χ0) is 18.0. The Morgan fingerprint density at radius 1 is 1.04 bits per heavy atom. The number of anilines is 1. The summed E-state index contributed by atoms with van der Waals surface area (Å²) in [6.45, 7) is 1.85. The Morgan fingerprint density at radius 2 is 1.76 bits per heavy atom. The number of hydrogen-bond acceptors (Lipinski definition) is 4. The van der Waals surface area contributed by atoms with Crippen molar-refractivity contribution in [3.63, 3.8) is 0 Å². The molecule has 0 spiro atoms. The lowest BCUT2D eigenvalue weighted by Gasteiger charge is -2.26. The Bertz CT molecular complexity index is 888. The quantitative estimate of drug-likeness (QED) is 0.691. The van der Waals surface area contributed by atoms with E-state index < -0.39 is 17.8 Å². The van der Waals surface area contributed by atoms with E-state index in [1.54, 1.807) is 55.6 Å². The zero-order valence-corrected chi connectivity index (χ0v) is 13.8. The monoisotopic (exact) mass is 336 g/mol. The summed E-state index contributed by atoms with van der Waals surface area (Å²) in [7, 11) is 1.56. The lowest BCUT2D eigenvalue weighted by atomic mass is 10.0. The third-order valence-corrected chi connectivity index (χ3v) is 3.89. The molecule has 0 saturated carbocycles. The molecule has 0 aromatic heterocycles. The van der Waals surface area contributed by atoms with E-state index in [4.69, 9.17) is 4.74 Å². The highest BCUT2D eigenvalue weighted by atomic mass is 16.5. The molecule has 0 aliphatic carbocycles. The third-order valence-electron chi connectivity index (χ3n) is 3.89. The standard InChI is InChI=1S/C19H16N2O4/c1-12-10-15(25-2)9-8-13(12)11-16-17(22)20-19(24)21(18(16)23)14-6-4-3-5-7-14/h3-11H,1-2H3,(H,20,22,24)/b16-11+. The van der Waals surface area contributed by atoms with Gasteiger partial charge in [-0.2, -0.15) is 0 Å². The van der Waals surface area contributed by atoms with Gasteiger partial charge in [0.05, 0.1) is 12.8 Å². The fourth-order valence-electron chi connectivity index (χ4n) is 2.56. The second-order valence-electron chi connectivity index (χ2n) is 5.52. The summed E-state index contributed by atoms with van der Waals surface area (Å²) >= 11 is 0. The van der Waals surface area contributed by atoms with Crippen molar-refractivity contribution in [3.05, 3.63) is 65.2 Å². The van der Waals surface area contributed by atoms with Crippen LogP contribution in [0.4, 0.5) is 10.5 Å². The minimum Gasteiger partial charge on any atom is -0.497 e. The van der Waals surface area contributed by atoms with Crippen LogP contribution in [0.3, 0.4) is 0 Å². The number of carbonyl (C=O) groups excluding carboxylic acids is 3. The number of benzene rings is 2. The summed E-state index contributed by atoms with van der Waals surface area (Å²) in [5, 5.41) is 2.20. The van der Waals surface area contributed by atoms with Crippen LogP contribution >= 0.6 is 0 Å². The number of ether oxygens (including phenoxy) is 1. The first kappa shape index (κ1) is 16.4. The number of amides is 4. The van der Waals surface area contributed by atoms with E-state index in [9.17, 15) is 14.4 Å². The molecule has 25 heavy (non-hydrogen) atoms. The van der Waals surface area contributed by atoms with E-state index in [2.05, 4.69) is 5.32 Å². The van der Waals surface area contributed by atoms with Crippen molar-refractivity contribution in [3.8, 4) is 5.75 Å². The van der Waals surface area contributed by atoms with Crippen LogP contribution in [0.15, 0.2) is 54.1 Å². The minimum absolute atomic E-state index is 0.100. The maximum absolute atomic E-state index is 12.7. The Morgan fingerprint density at radius 3 is 2.40 bits per heavy atom. The van der Waals surface area contributed by atoms with E-state index in [1.165, 1.54) is 6.08 Å². The van der Waals surface area contributed by atoms with Gasteiger partial charge in [-0.1, -0.05) is 24.3 Å². The van der Waals surface area contributed by atoms with Gasteiger partial charge in [-0.15, -0.1) is 0 Å². The lowest BCUT2D eigenvalue weighted by molar-refractivity contribution is -0.122. The number of para-hydroxylation sites is 1. The first-order valence-electron chi connectivity index (χ1n) is 7.62. The average molecular weight is 336 g/mol. The molecule has 4 amide bonds. The molecule has 6 heteroatoms. The van der Waals surface area contributed by atoms with Crippen LogP contribution in [0, 0.1) is 6.92 Å². The van der Waals surface area contributed by atoms with Gasteiger partial charge in [-0.05, 0) is 48.4 Å². The molecule has 1 fully saturated rings. The second-order valence-corrected chi connectivity index (χ2v) is 5.52. The van der Waals surface area contributed by atoms with E-state index in [-0.39, 0.29) is 5.57 Å². The Hall–Kier alpha value is -3.41. The van der Waals surface area contributed by atoms with Crippen LogP contribution in [-0.2, 0) is 9.59 Å². The van der Waals surface area contributed by atoms with E-state index in [0.29, 0.717) is 17.0 Å². The van der Waals surface area contributed by atoms with Crippen LogP contribution in [0.25, 0.3) is 6.08 Å². The van der Waals surface area contributed by atoms with Gasteiger partial charge in [0.2, 0.25) is 0 Å². The number of nitrogens with one attached hydrogen (secondary N) is 1. The second kappa shape index (κ2) is 6.60. The van der Waals surface area contributed by atoms with Gasteiger partial charge in [0.15, 0.2) is 0 Å². The van der Waals surface area contributed by atoms with Crippen LogP contribution in [0.1, 0.15) is 11.1 Å². The molecule has 6 nitrogen and oxygen atoms in total. The van der Waals surface area contributed by atoms with Gasteiger partial charge in [-0.3, -0.25) is 14.9 Å². The molecule has 2 aromatic rings. The van der Waals surface area contributed by atoms with Crippen molar-refractivity contribution in [2.45, 2.75) is 6.92 Å². The average Bonchev–Trinajstić information content (AvgIpc) is 2.60. The Labute approximate surface area is 144 Å². The van der Waals surface area contributed by atoms with Gasteiger partial charge in [0.1, 0.15) is 11.3 Å². The molecule has 0 atom stereocenters. The molecular weight excluding hydrogens is 320 g/mol. The molecule has 0 unspecified atom stereocenters. The Kier molecular flexibility index (Phi) is 4.35. The highest BCUT2D eigenvalue weighted by molar-refractivity contribution is 6.39. The molecule has 1 aliphatic rings. The molecule has 0 radical (unpaired) electrons. The summed E-state index contributed by atoms with van der Waals surface area (Å²) in [5.74, 6) is -0.687. The number of nitrogens with zero attached hydrogens (tertiary/aromatic N) is 1. The molecule has 1 heterocycles.